The summed E-state index contributed by atoms with van der Waals surface area (Å²) in [6.07, 6.45) is 1.37. The molecule has 184 valence electrons. The second-order valence-electron chi connectivity index (χ2n) is 8.15. The van der Waals surface area contributed by atoms with Gasteiger partial charge in [0.2, 0.25) is 6.41 Å². The minimum Gasteiger partial charge on any atom is -0.493 e. The Morgan fingerprint density at radius 3 is 2.03 bits per heavy atom. The molecule has 8 heteroatoms. The van der Waals surface area contributed by atoms with Gasteiger partial charge in [-0.3, -0.25) is 9.00 Å². The van der Waals surface area contributed by atoms with Crippen LogP contribution in [0.5, 0.6) is 23.0 Å². The molecule has 0 aliphatic carbocycles. The smallest absolute Gasteiger partial charge is 0.210 e. The fourth-order valence-electron chi connectivity index (χ4n) is 4.55. The van der Waals surface area contributed by atoms with E-state index < -0.39 is 16.0 Å². The van der Waals surface area contributed by atoms with E-state index in [0.29, 0.717) is 40.9 Å². The lowest BCUT2D eigenvalue weighted by molar-refractivity contribution is -0.120. The number of amides is 1. The average Bonchev–Trinajstić information content (AvgIpc) is 2.92. The van der Waals surface area contributed by atoms with Crippen molar-refractivity contribution in [3.05, 3.63) is 77.4 Å². The van der Waals surface area contributed by atoms with Crippen molar-refractivity contribution in [3.8, 4) is 23.0 Å². The van der Waals surface area contributed by atoms with Gasteiger partial charge >= 0.3 is 0 Å². The summed E-state index contributed by atoms with van der Waals surface area (Å²) in [6, 6.07) is 18.5. The van der Waals surface area contributed by atoms with Gasteiger partial charge in [-0.15, -0.1) is 0 Å². The zero-order valence-corrected chi connectivity index (χ0v) is 21.0. The summed E-state index contributed by atoms with van der Waals surface area (Å²) in [7, 11) is 4.96. The molecular weight excluding hydrogens is 466 g/mol. The molecule has 0 saturated heterocycles. The van der Waals surface area contributed by atoms with E-state index in [9.17, 15) is 9.00 Å². The van der Waals surface area contributed by atoms with Crippen molar-refractivity contribution in [3.63, 3.8) is 0 Å². The number of methoxy groups -OCH3 is 4. The molecular formula is C27H29NO6S. The molecule has 0 aromatic heterocycles. The van der Waals surface area contributed by atoms with Crippen LogP contribution >= 0.6 is 0 Å². The van der Waals surface area contributed by atoms with Crippen molar-refractivity contribution in [1.82, 2.24) is 4.90 Å². The Kier molecular flexibility index (Phi) is 7.60. The maximum atomic E-state index is 13.7. The van der Waals surface area contributed by atoms with Gasteiger partial charge in [0.05, 0.1) is 50.5 Å². The highest BCUT2D eigenvalue weighted by Crippen LogP contribution is 2.45. The number of rotatable bonds is 9. The lowest BCUT2D eigenvalue weighted by Crippen LogP contribution is -2.39. The largest absolute Gasteiger partial charge is 0.493 e. The number of ether oxygens (including phenoxy) is 4. The molecule has 0 radical (unpaired) electrons. The predicted molar refractivity (Wildman–Crippen MR) is 134 cm³/mol. The maximum Gasteiger partial charge on any atom is 0.210 e. The average molecular weight is 496 g/mol. The van der Waals surface area contributed by atoms with Crippen molar-refractivity contribution in [2.45, 2.75) is 22.6 Å². The molecule has 35 heavy (non-hydrogen) atoms. The van der Waals surface area contributed by atoms with Gasteiger partial charge in [-0.1, -0.05) is 24.3 Å². The van der Waals surface area contributed by atoms with Gasteiger partial charge in [0, 0.05) is 11.4 Å². The standard InChI is InChI=1S/C27H29NO6S/c1-31-23-11-10-18(13-24(23)32-2)12-22-20-14-25(33-3)26(34-4)15-21(20)27(16-28(22)17-29)35(30)19-8-6-5-7-9-19/h5-11,13-15,17,22,27H,12,16H2,1-4H3. The molecule has 3 aromatic rings. The van der Waals surface area contributed by atoms with E-state index in [0.717, 1.165) is 23.1 Å². The first kappa shape index (κ1) is 24.6. The van der Waals surface area contributed by atoms with E-state index in [2.05, 4.69) is 0 Å². The van der Waals surface area contributed by atoms with Crippen LogP contribution in [0.15, 0.2) is 65.6 Å². The van der Waals surface area contributed by atoms with Crippen LogP contribution in [0.3, 0.4) is 0 Å². The van der Waals surface area contributed by atoms with Gasteiger partial charge in [0.25, 0.3) is 0 Å². The van der Waals surface area contributed by atoms with Gasteiger partial charge in [-0.25, -0.2) is 0 Å². The number of carbonyl (C=O) groups excluding carboxylic acids is 1. The maximum absolute atomic E-state index is 13.7. The van der Waals surface area contributed by atoms with Crippen molar-refractivity contribution >= 4 is 17.2 Å². The predicted octanol–water partition coefficient (Wildman–Crippen LogP) is 4.33. The van der Waals surface area contributed by atoms with Crippen LogP contribution in [0.25, 0.3) is 0 Å². The number of nitrogens with zero attached hydrogens (tertiary/aromatic N) is 1. The van der Waals surface area contributed by atoms with Crippen molar-refractivity contribution in [2.75, 3.05) is 35.0 Å². The second-order valence-corrected chi connectivity index (χ2v) is 9.78. The molecule has 4 rings (SSSR count). The first-order chi connectivity index (χ1) is 17.0. The Labute approximate surface area is 208 Å². The van der Waals surface area contributed by atoms with Gasteiger partial charge in [-0.05, 0) is 59.5 Å². The molecule has 0 saturated carbocycles. The van der Waals surface area contributed by atoms with Gasteiger partial charge in [-0.2, -0.15) is 0 Å². The summed E-state index contributed by atoms with van der Waals surface area (Å²) in [6.45, 7) is 0.311. The highest BCUT2D eigenvalue weighted by molar-refractivity contribution is 7.85. The number of carbonyl (C=O) groups is 1. The lowest BCUT2D eigenvalue weighted by Gasteiger charge is -2.39. The number of fused-ring (bicyclic) bond motifs is 1. The zero-order valence-electron chi connectivity index (χ0n) is 20.2. The molecule has 1 aliphatic rings. The summed E-state index contributed by atoms with van der Waals surface area (Å²) in [5.41, 5.74) is 2.74. The molecule has 3 atom stereocenters. The van der Waals surface area contributed by atoms with Crippen molar-refractivity contribution < 1.29 is 28.0 Å². The molecule has 1 aliphatic heterocycles. The summed E-state index contributed by atoms with van der Waals surface area (Å²) in [4.78, 5) is 14.7. The lowest BCUT2D eigenvalue weighted by atomic mass is 9.88. The highest BCUT2D eigenvalue weighted by Gasteiger charge is 2.37. The monoisotopic (exact) mass is 495 g/mol. The SMILES string of the molecule is COc1ccc(CC2c3cc(OC)c(OC)cc3C(S(=O)c3ccccc3)CN2C=O)cc1OC. The first-order valence-corrected chi connectivity index (χ1v) is 12.4. The Balaban J connectivity index is 1.82. The van der Waals surface area contributed by atoms with Crippen LogP contribution in [0.1, 0.15) is 28.0 Å². The van der Waals surface area contributed by atoms with E-state index in [4.69, 9.17) is 18.9 Å². The third-order valence-electron chi connectivity index (χ3n) is 6.32. The minimum absolute atomic E-state index is 0.288. The quantitative estimate of drug-likeness (QED) is 0.412. The highest BCUT2D eigenvalue weighted by atomic mass is 32.2. The first-order valence-electron chi connectivity index (χ1n) is 11.2. The fraction of sp³-hybridized carbons (Fsp3) is 0.296. The zero-order chi connectivity index (χ0) is 24.9. The molecule has 1 amide bonds. The fourth-order valence-corrected chi connectivity index (χ4v) is 6.05. The summed E-state index contributed by atoms with van der Waals surface area (Å²) in [5.74, 6) is 2.37. The van der Waals surface area contributed by atoms with Crippen LogP contribution in [0.4, 0.5) is 0 Å². The van der Waals surface area contributed by atoms with E-state index in [-0.39, 0.29) is 6.04 Å². The van der Waals surface area contributed by atoms with E-state index >= 15 is 0 Å². The normalized spacial score (nSPS) is 17.8. The molecule has 7 nitrogen and oxygen atoms in total. The summed E-state index contributed by atoms with van der Waals surface area (Å²) >= 11 is 0. The number of hydrogen-bond donors (Lipinski definition) is 0. The Morgan fingerprint density at radius 2 is 1.43 bits per heavy atom. The Morgan fingerprint density at radius 1 is 0.829 bits per heavy atom. The molecule has 1 heterocycles. The van der Waals surface area contributed by atoms with Gasteiger partial charge in [0.1, 0.15) is 0 Å². The third kappa shape index (κ3) is 4.84. The number of benzene rings is 3. The van der Waals surface area contributed by atoms with Crippen LogP contribution in [0, 0.1) is 0 Å². The second kappa shape index (κ2) is 10.8. The van der Waals surface area contributed by atoms with Crippen LogP contribution in [-0.4, -0.2) is 50.5 Å². The van der Waals surface area contributed by atoms with E-state index in [1.54, 1.807) is 33.3 Å². The minimum atomic E-state index is -1.38. The number of hydrogen-bond acceptors (Lipinski definition) is 6. The third-order valence-corrected chi connectivity index (χ3v) is 7.97. The van der Waals surface area contributed by atoms with Gasteiger partial charge < -0.3 is 23.8 Å². The molecule has 3 unspecified atom stereocenters. The van der Waals surface area contributed by atoms with Gasteiger partial charge in [0.15, 0.2) is 23.0 Å². The van der Waals surface area contributed by atoms with E-state index in [1.807, 2.05) is 60.7 Å². The molecule has 0 spiro atoms. The van der Waals surface area contributed by atoms with Crippen LogP contribution < -0.4 is 18.9 Å². The topological polar surface area (TPSA) is 74.3 Å². The molecule has 0 bridgehead atoms. The van der Waals surface area contributed by atoms with Crippen molar-refractivity contribution in [1.29, 1.82) is 0 Å². The summed E-state index contributed by atoms with van der Waals surface area (Å²) < 4.78 is 35.6. The molecule has 0 N–H and O–H groups in total. The van der Waals surface area contributed by atoms with E-state index in [1.165, 1.54) is 0 Å². The molecule has 3 aromatic carbocycles. The van der Waals surface area contributed by atoms with Crippen molar-refractivity contribution in [2.24, 2.45) is 0 Å². The Bertz CT molecular complexity index is 1220. The van der Waals surface area contributed by atoms with Crippen LogP contribution in [-0.2, 0) is 22.0 Å². The van der Waals surface area contributed by atoms with Crippen LogP contribution in [0.2, 0.25) is 0 Å². The summed E-state index contributed by atoms with van der Waals surface area (Å²) in [5, 5.41) is -0.418. The molecule has 0 fully saturated rings. The Hall–Kier alpha value is -3.52.